The van der Waals surface area contributed by atoms with Crippen molar-refractivity contribution >= 4 is 40.2 Å². The monoisotopic (exact) mass is 437 g/mol. The number of ether oxygens (including phenoxy) is 1. The molecule has 4 heterocycles. The molecule has 0 N–H and O–H groups in total. The first kappa shape index (κ1) is 19.1. The fourth-order valence-electron chi connectivity index (χ4n) is 2.70. The quantitative estimate of drug-likeness (QED) is 0.476. The molecule has 28 heavy (non-hydrogen) atoms. The summed E-state index contributed by atoms with van der Waals surface area (Å²) in [5, 5.41) is 17.3. The fraction of sp³-hybridized carbons (Fsp3) is 0.353. The van der Waals surface area contributed by atoms with E-state index in [2.05, 4.69) is 46.1 Å². The zero-order chi connectivity index (χ0) is 20.1. The average molecular weight is 438 g/mol. The smallest absolute Gasteiger partial charge is 0.236 e. The maximum absolute atomic E-state index is 6.30. The first-order valence-electron chi connectivity index (χ1n) is 8.42. The molecule has 0 aliphatic heterocycles. The van der Waals surface area contributed by atoms with Gasteiger partial charge < -0.3 is 4.74 Å². The van der Waals surface area contributed by atoms with Gasteiger partial charge in [0.05, 0.1) is 9.90 Å². The summed E-state index contributed by atoms with van der Waals surface area (Å²) in [6.07, 6.45) is 1.49. The van der Waals surface area contributed by atoms with Crippen LogP contribution in [0.4, 0.5) is 0 Å². The van der Waals surface area contributed by atoms with Crippen molar-refractivity contribution in [1.82, 2.24) is 34.6 Å². The van der Waals surface area contributed by atoms with E-state index in [1.165, 1.54) is 17.7 Å². The highest BCUT2D eigenvalue weighted by Gasteiger charge is 2.25. The Morgan fingerprint density at radius 1 is 1.18 bits per heavy atom. The van der Waals surface area contributed by atoms with E-state index >= 15 is 0 Å². The predicted molar refractivity (Wildman–Crippen MR) is 108 cm³/mol. The molecule has 0 radical (unpaired) electrons. The van der Waals surface area contributed by atoms with Gasteiger partial charge in [0.15, 0.2) is 17.3 Å². The predicted octanol–water partition coefficient (Wildman–Crippen LogP) is 4.16. The third-order valence-corrected chi connectivity index (χ3v) is 5.70. The molecular formula is C17H17Cl2N7OS. The normalized spacial score (nSPS) is 12.1. The molecule has 0 saturated carbocycles. The number of hydrogen-bond acceptors (Lipinski definition) is 7. The van der Waals surface area contributed by atoms with Gasteiger partial charge >= 0.3 is 0 Å². The van der Waals surface area contributed by atoms with Crippen molar-refractivity contribution in [2.75, 3.05) is 0 Å². The summed E-state index contributed by atoms with van der Waals surface area (Å²) in [5.74, 6) is 1.67. The molecule has 0 bridgehead atoms. The van der Waals surface area contributed by atoms with E-state index in [1.807, 2.05) is 13.1 Å². The Kier molecular flexibility index (Phi) is 4.76. The van der Waals surface area contributed by atoms with Gasteiger partial charge in [-0.05, 0) is 17.5 Å². The van der Waals surface area contributed by atoms with E-state index in [0.29, 0.717) is 37.4 Å². The van der Waals surface area contributed by atoms with E-state index in [4.69, 9.17) is 27.9 Å². The molecule has 0 spiro atoms. The van der Waals surface area contributed by atoms with Gasteiger partial charge in [-0.1, -0.05) is 44.0 Å². The average Bonchev–Trinajstić information content (AvgIpc) is 3.29. The number of fused-ring (bicyclic) bond motifs is 1. The molecule has 8 nitrogen and oxygen atoms in total. The van der Waals surface area contributed by atoms with Crippen LogP contribution in [0.15, 0.2) is 18.5 Å². The minimum absolute atomic E-state index is 0.209. The van der Waals surface area contributed by atoms with Crippen LogP contribution >= 0.6 is 34.5 Å². The Hall–Kier alpha value is -2.23. The summed E-state index contributed by atoms with van der Waals surface area (Å²) in [5.41, 5.74) is 1.98. The molecule has 4 aromatic heterocycles. The van der Waals surface area contributed by atoms with Gasteiger partial charge in [0.2, 0.25) is 5.88 Å². The summed E-state index contributed by atoms with van der Waals surface area (Å²) in [6.45, 7) is 6.49. The van der Waals surface area contributed by atoms with Gasteiger partial charge in [-0.25, -0.2) is 4.98 Å². The molecule has 146 valence electrons. The van der Waals surface area contributed by atoms with Crippen molar-refractivity contribution in [3.05, 3.63) is 38.5 Å². The second-order valence-corrected chi connectivity index (χ2v) is 9.52. The summed E-state index contributed by atoms with van der Waals surface area (Å²) < 4.78 is 10.4. The lowest BCUT2D eigenvalue weighted by Crippen LogP contribution is -2.17. The van der Waals surface area contributed by atoms with E-state index in [9.17, 15) is 0 Å². The minimum atomic E-state index is -0.209. The molecule has 4 rings (SSSR count). The van der Waals surface area contributed by atoms with Crippen LogP contribution in [0, 0.1) is 0 Å². The number of halogens is 2. The second kappa shape index (κ2) is 6.98. The first-order valence-corrected chi connectivity index (χ1v) is 9.99. The minimum Gasteiger partial charge on any atom is -0.468 e. The molecule has 0 unspecified atom stereocenters. The van der Waals surface area contributed by atoms with Crippen LogP contribution in [0.5, 0.6) is 5.88 Å². The van der Waals surface area contributed by atoms with Gasteiger partial charge in [0.25, 0.3) is 0 Å². The molecular weight excluding hydrogens is 421 g/mol. The molecule has 0 fully saturated rings. The van der Waals surface area contributed by atoms with Crippen LogP contribution in [-0.2, 0) is 19.1 Å². The zero-order valence-electron chi connectivity index (χ0n) is 15.6. The highest BCUT2D eigenvalue weighted by atomic mass is 35.5. The third-order valence-electron chi connectivity index (χ3n) is 4.21. The van der Waals surface area contributed by atoms with Crippen LogP contribution in [0.3, 0.4) is 0 Å². The van der Waals surface area contributed by atoms with E-state index in [-0.39, 0.29) is 12.0 Å². The first-order chi connectivity index (χ1) is 13.2. The van der Waals surface area contributed by atoms with E-state index in [1.54, 1.807) is 15.3 Å². The van der Waals surface area contributed by atoms with Crippen LogP contribution < -0.4 is 4.74 Å². The Morgan fingerprint density at radius 2 is 1.96 bits per heavy atom. The molecule has 0 aliphatic carbocycles. The van der Waals surface area contributed by atoms with Gasteiger partial charge in [-0.15, -0.1) is 26.6 Å². The van der Waals surface area contributed by atoms with Gasteiger partial charge in [-0.2, -0.15) is 9.61 Å². The number of rotatable bonds is 4. The van der Waals surface area contributed by atoms with Crippen LogP contribution in [-0.4, -0.2) is 34.6 Å². The Morgan fingerprint density at radius 3 is 2.57 bits per heavy atom. The van der Waals surface area contributed by atoms with Crippen molar-refractivity contribution in [2.45, 2.75) is 32.8 Å². The lowest BCUT2D eigenvalue weighted by molar-refractivity contribution is 0.266. The topological polar surface area (TPSA) is 83.0 Å². The Labute approximate surface area is 175 Å². The standard InChI is InChI=1S/C17H17Cl2N7OS/c1-17(2,3)10-6-12-22-23-15(9-5-11(18)28-14(9)19)26(12)24-16(10)27-7-13-20-8-21-25(13)4/h5-6,8H,7H2,1-4H3. The second-order valence-electron chi connectivity index (χ2n) is 7.23. The van der Waals surface area contributed by atoms with Crippen LogP contribution in [0.2, 0.25) is 8.67 Å². The third kappa shape index (κ3) is 3.45. The molecule has 0 atom stereocenters. The van der Waals surface area contributed by atoms with Crippen molar-refractivity contribution in [3.8, 4) is 17.3 Å². The summed E-state index contributed by atoms with van der Waals surface area (Å²) in [6, 6.07) is 3.68. The molecule has 11 heteroatoms. The SMILES string of the molecule is Cn1ncnc1COc1nn2c(-c3cc(Cl)sc3Cl)nnc2cc1C(C)(C)C. The van der Waals surface area contributed by atoms with Crippen LogP contribution in [0.25, 0.3) is 17.0 Å². The van der Waals surface area contributed by atoms with Crippen LogP contribution in [0.1, 0.15) is 32.2 Å². The maximum atomic E-state index is 6.30. The number of aryl methyl sites for hydroxylation is 1. The van der Waals surface area contributed by atoms with Crippen molar-refractivity contribution in [3.63, 3.8) is 0 Å². The van der Waals surface area contributed by atoms with Gasteiger partial charge in [0.1, 0.15) is 17.3 Å². The summed E-state index contributed by atoms with van der Waals surface area (Å²) in [7, 11) is 1.81. The molecule has 0 amide bonds. The molecule has 4 aromatic rings. The number of hydrogen-bond donors (Lipinski definition) is 0. The Balaban J connectivity index is 1.82. The largest absolute Gasteiger partial charge is 0.468 e. The van der Waals surface area contributed by atoms with Gasteiger partial charge in [0, 0.05) is 12.6 Å². The fourth-order valence-corrected chi connectivity index (χ4v) is 4.16. The maximum Gasteiger partial charge on any atom is 0.236 e. The van der Waals surface area contributed by atoms with Gasteiger partial charge in [-0.3, -0.25) is 4.68 Å². The molecule has 0 saturated heterocycles. The van der Waals surface area contributed by atoms with E-state index < -0.39 is 0 Å². The summed E-state index contributed by atoms with van der Waals surface area (Å²) >= 11 is 13.7. The molecule has 0 aliphatic rings. The number of aromatic nitrogens is 7. The number of nitrogens with zero attached hydrogens (tertiary/aromatic N) is 7. The van der Waals surface area contributed by atoms with E-state index in [0.717, 1.165) is 5.56 Å². The zero-order valence-corrected chi connectivity index (χ0v) is 18.0. The lowest BCUT2D eigenvalue weighted by atomic mass is 9.88. The lowest BCUT2D eigenvalue weighted by Gasteiger charge is -2.21. The Bertz CT molecular complexity index is 1160. The van der Waals surface area contributed by atoms with Crippen molar-refractivity contribution in [2.24, 2.45) is 7.05 Å². The van der Waals surface area contributed by atoms with Crippen molar-refractivity contribution < 1.29 is 4.74 Å². The highest BCUT2D eigenvalue weighted by Crippen LogP contribution is 2.38. The highest BCUT2D eigenvalue weighted by molar-refractivity contribution is 7.20. The van der Waals surface area contributed by atoms with Crippen molar-refractivity contribution in [1.29, 1.82) is 0 Å². The number of thiophene rings is 1. The summed E-state index contributed by atoms with van der Waals surface area (Å²) in [4.78, 5) is 4.19. The molecule has 0 aromatic carbocycles.